The van der Waals surface area contributed by atoms with Crippen molar-refractivity contribution >= 4 is 11.9 Å². The van der Waals surface area contributed by atoms with E-state index in [2.05, 4.69) is 11.4 Å². The molecule has 4 heteroatoms. The van der Waals surface area contributed by atoms with E-state index in [1.54, 1.807) is 0 Å². The molecule has 1 amide bonds. The van der Waals surface area contributed by atoms with Crippen LogP contribution in [0, 0.1) is 35.5 Å². The Morgan fingerprint density at radius 1 is 1.00 bits per heavy atom. The smallest absolute Gasteiger partial charge is 0.307 e. The van der Waals surface area contributed by atoms with Gasteiger partial charge in [-0.3, -0.25) is 9.59 Å². The summed E-state index contributed by atoms with van der Waals surface area (Å²) in [6, 6.07) is 0.319. The lowest BCUT2D eigenvalue weighted by Crippen LogP contribution is -2.46. The highest BCUT2D eigenvalue weighted by molar-refractivity contribution is 5.87. The summed E-state index contributed by atoms with van der Waals surface area (Å²) in [6.45, 7) is 0. The fourth-order valence-electron chi connectivity index (χ4n) is 4.31. The number of allylic oxidation sites excluding steroid dienone is 2. The van der Waals surface area contributed by atoms with Gasteiger partial charge in [0.1, 0.15) is 0 Å². The fraction of sp³-hybridized carbons (Fsp3) is 0.750. The van der Waals surface area contributed by atoms with Crippen LogP contribution in [0.15, 0.2) is 12.2 Å². The Labute approximate surface area is 118 Å². The van der Waals surface area contributed by atoms with Gasteiger partial charge in [0.25, 0.3) is 0 Å². The molecule has 3 fully saturated rings. The van der Waals surface area contributed by atoms with E-state index in [0.29, 0.717) is 17.9 Å². The van der Waals surface area contributed by atoms with E-state index in [1.807, 2.05) is 6.08 Å². The van der Waals surface area contributed by atoms with E-state index < -0.39 is 11.9 Å². The number of aliphatic carboxylic acids is 1. The lowest BCUT2D eigenvalue weighted by Gasteiger charge is -2.27. The minimum absolute atomic E-state index is 0.00181. The largest absolute Gasteiger partial charge is 0.481 e. The number of carbonyl (C=O) groups excluding carboxylic acids is 1. The van der Waals surface area contributed by atoms with Gasteiger partial charge in [-0.1, -0.05) is 12.2 Å². The van der Waals surface area contributed by atoms with E-state index in [4.69, 9.17) is 0 Å². The molecule has 0 heterocycles. The molecule has 0 aromatic heterocycles. The van der Waals surface area contributed by atoms with E-state index >= 15 is 0 Å². The molecule has 0 spiro atoms. The number of amides is 1. The first kappa shape index (κ1) is 12.4. The topological polar surface area (TPSA) is 66.4 Å². The van der Waals surface area contributed by atoms with Gasteiger partial charge in [-0.05, 0) is 55.8 Å². The maximum absolute atomic E-state index is 12.6. The molecule has 0 saturated heterocycles. The number of carboxylic acid groups (broad SMARTS) is 1. The highest BCUT2D eigenvalue weighted by Gasteiger charge is 2.53. The molecule has 4 atom stereocenters. The monoisotopic (exact) mass is 275 g/mol. The molecular weight excluding hydrogens is 254 g/mol. The van der Waals surface area contributed by atoms with Crippen LogP contribution in [0.1, 0.15) is 32.1 Å². The zero-order valence-corrected chi connectivity index (χ0v) is 11.5. The average Bonchev–Trinajstić information content (AvgIpc) is 3.34. The van der Waals surface area contributed by atoms with Gasteiger partial charge in [-0.25, -0.2) is 0 Å². The molecular formula is C16H21NO3. The first-order valence-electron chi connectivity index (χ1n) is 7.86. The van der Waals surface area contributed by atoms with Gasteiger partial charge in [0.2, 0.25) is 5.91 Å². The van der Waals surface area contributed by atoms with Gasteiger partial charge < -0.3 is 10.4 Å². The maximum Gasteiger partial charge on any atom is 0.307 e. The standard InChI is InChI=1S/C16H21NO3/c18-15(17-14(8-1-2-8)9-3-4-9)12-10-5-6-11(7-10)13(12)16(19)20/h5-6,8-14H,1-4,7H2,(H,17,18)(H,19,20)/t10?,11?,12-,13+/m0/s1. The van der Waals surface area contributed by atoms with Gasteiger partial charge >= 0.3 is 5.97 Å². The van der Waals surface area contributed by atoms with E-state index in [-0.39, 0.29) is 23.7 Å². The third-order valence-corrected chi connectivity index (χ3v) is 5.62. The normalized spacial score (nSPS) is 38.5. The molecule has 2 N–H and O–H groups in total. The van der Waals surface area contributed by atoms with E-state index in [9.17, 15) is 14.7 Å². The second-order valence-electron chi connectivity index (χ2n) is 7.05. The van der Waals surface area contributed by atoms with Crippen LogP contribution >= 0.6 is 0 Å². The molecule has 0 aromatic rings. The number of hydrogen-bond donors (Lipinski definition) is 2. The molecule has 0 aliphatic heterocycles. The Bertz CT molecular complexity index is 466. The van der Waals surface area contributed by atoms with Gasteiger partial charge in [0.15, 0.2) is 0 Å². The zero-order chi connectivity index (χ0) is 13.9. The number of hydrogen-bond acceptors (Lipinski definition) is 2. The second-order valence-corrected chi connectivity index (χ2v) is 7.05. The molecule has 0 aromatic carbocycles. The zero-order valence-electron chi connectivity index (χ0n) is 11.5. The van der Waals surface area contributed by atoms with Crippen molar-refractivity contribution in [3.05, 3.63) is 12.2 Å². The van der Waals surface area contributed by atoms with Crippen molar-refractivity contribution in [1.29, 1.82) is 0 Å². The molecule has 4 nitrogen and oxygen atoms in total. The van der Waals surface area contributed by atoms with Gasteiger partial charge in [0.05, 0.1) is 11.8 Å². The Morgan fingerprint density at radius 2 is 1.55 bits per heavy atom. The lowest BCUT2D eigenvalue weighted by molar-refractivity contribution is -0.148. The lowest BCUT2D eigenvalue weighted by atomic mass is 9.82. The molecule has 3 saturated carbocycles. The number of carbonyl (C=O) groups is 2. The quantitative estimate of drug-likeness (QED) is 0.752. The Morgan fingerprint density at radius 3 is 2.05 bits per heavy atom. The van der Waals surface area contributed by atoms with Gasteiger partial charge in [0, 0.05) is 6.04 Å². The molecule has 4 rings (SSSR count). The van der Waals surface area contributed by atoms with Crippen LogP contribution in [0.5, 0.6) is 0 Å². The predicted molar refractivity (Wildman–Crippen MR) is 72.7 cm³/mol. The molecule has 4 aliphatic rings. The van der Waals surface area contributed by atoms with Crippen LogP contribution < -0.4 is 5.32 Å². The van der Waals surface area contributed by atoms with Crippen molar-refractivity contribution < 1.29 is 14.7 Å². The molecule has 2 bridgehead atoms. The summed E-state index contributed by atoms with van der Waals surface area (Å²) >= 11 is 0. The van der Waals surface area contributed by atoms with Crippen LogP contribution in [-0.4, -0.2) is 23.0 Å². The molecule has 108 valence electrons. The Balaban J connectivity index is 1.49. The van der Waals surface area contributed by atoms with Crippen molar-refractivity contribution in [2.24, 2.45) is 35.5 Å². The molecule has 2 unspecified atom stereocenters. The first-order chi connectivity index (χ1) is 9.65. The summed E-state index contributed by atoms with van der Waals surface area (Å²) in [6.07, 6.45) is 9.78. The minimum Gasteiger partial charge on any atom is -0.481 e. The minimum atomic E-state index is -0.809. The third-order valence-electron chi connectivity index (χ3n) is 5.62. The van der Waals surface area contributed by atoms with E-state index in [1.165, 1.54) is 25.7 Å². The number of carboxylic acids is 1. The fourth-order valence-corrected chi connectivity index (χ4v) is 4.31. The summed E-state index contributed by atoms with van der Waals surface area (Å²) in [7, 11) is 0. The number of fused-ring (bicyclic) bond motifs is 2. The van der Waals surface area contributed by atoms with Crippen molar-refractivity contribution in [3.8, 4) is 0 Å². The summed E-state index contributed by atoms with van der Waals surface area (Å²) in [5, 5.41) is 12.6. The van der Waals surface area contributed by atoms with Crippen LogP contribution in [0.3, 0.4) is 0 Å². The van der Waals surface area contributed by atoms with Gasteiger partial charge in [-0.15, -0.1) is 0 Å². The summed E-state index contributed by atoms with van der Waals surface area (Å²) in [5.74, 6) is -0.151. The van der Waals surface area contributed by atoms with E-state index in [0.717, 1.165) is 6.42 Å². The first-order valence-corrected chi connectivity index (χ1v) is 7.86. The third kappa shape index (κ3) is 1.97. The Kier molecular flexibility index (Phi) is 2.69. The highest BCUT2D eigenvalue weighted by Crippen LogP contribution is 2.49. The van der Waals surface area contributed by atoms with Crippen LogP contribution in [0.4, 0.5) is 0 Å². The van der Waals surface area contributed by atoms with Gasteiger partial charge in [-0.2, -0.15) is 0 Å². The Hall–Kier alpha value is -1.32. The number of nitrogens with one attached hydrogen (secondary N) is 1. The highest BCUT2D eigenvalue weighted by atomic mass is 16.4. The molecule has 0 radical (unpaired) electrons. The number of rotatable bonds is 5. The predicted octanol–water partition coefficient (Wildman–Crippen LogP) is 1.81. The molecule has 20 heavy (non-hydrogen) atoms. The van der Waals surface area contributed by atoms with Crippen molar-refractivity contribution in [1.82, 2.24) is 5.32 Å². The summed E-state index contributed by atoms with van der Waals surface area (Å²) in [4.78, 5) is 24.1. The maximum atomic E-state index is 12.6. The van der Waals surface area contributed by atoms with Crippen LogP contribution in [0.2, 0.25) is 0 Å². The van der Waals surface area contributed by atoms with Crippen molar-refractivity contribution in [3.63, 3.8) is 0 Å². The average molecular weight is 275 g/mol. The second kappa shape index (κ2) is 4.34. The van der Waals surface area contributed by atoms with Crippen LogP contribution in [0.25, 0.3) is 0 Å². The van der Waals surface area contributed by atoms with Crippen molar-refractivity contribution in [2.75, 3.05) is 0 Å². The van der Waals surface area contributed by atoms with Crippen molar-refractivity contribution in [2.45, 2.75) is 38.1 Å². The summed E-state index contributed by atoms with van der Waals surface area (Å²) in [5.41, 5.74) is 0. The molecule has 4 aliphatic carbocycles. The van der Waals surface area contributed by atoms with Crippen LogP contribution in [-0.2, 0) is 9.59 Å². The summed E-state index contributed by atoms with van der Waals surface area (Å²) < 4.78 is 0. The SMILES string of the molecule is O=C(O)[C@@H]1C2C=CC(C2)[C@@H]1C(=O)NC(C1CC1)C1CC1.